The van der Waals surface area contributed by atoms with E-state index in [0.29, 0.717) is 17.0 Å². The number of benzene rings is 2. The van der Waals surface area contributed by atoms with Gasteiger partial charge in [0.2, 0.25) is 0 Å². The molecule has 0 amide bonds. The molecule has 0 bridgehead atoms. The summed E-state index contributed by atoms with van der Waals surface area (Å²) in [6.07, 6.45) is 2.78. The highest BCUT2D eigenvalue weighted by atomic mass is 19.3. The third-order valence-electron chi connectivity index (χ3n) is 3.71. The molecule has 0 aliphatic rings. The van der Waals surface area contributed by atoms with Crippen molar-refractivity contribution in [2.24, 2.45) is 0 Å². The van der Waals surface area contributed by atoms with E-state index in [2.05, 4.69) is 14.7 Å². The summed E-state index contributed by atoms with van der Waals surface area (Å²) in [5.41, 5.74) is 3.44. The number of aromatic nitrogens is 2. The number of ether oxygens (including phenoxy) is 2. The van der Waals surface area contributed by atoms with Gasteiger partial charge in [0, 0.05) is 6.08 Å². The van der Waals surface area contributed by atoms with Crippen molar-refractivity contribution >= 4 is 23.1 Å². The number of fused-ring (bicyclic) bond motifs is 1. The first-order chi connectivity index (χ1) is 13.0. The predicted molar refractivity (Wildman–Crippen MR) is 96.2 cm³/mol. The normalized spacial score (nSPS) is 11.3. The minimum absolute atomic E-state index is 0.00794. The second kappa shape index (κ2) is 8.35. The van der Waals surface area contributed by atoms with Crippen molar-refractivity contribution in [3.05, 3.63) is 71.6 Å². The first kappa shape index (κ1) is 18.4. The molecule has 3 aromatic rings. The Morgan fingerprint density at radius 3 is 2.41 bits per heavy atom. The molecule has 0 spiro atoms. The summed E-state index contributed by atoms with van der Waals surface area (Å²) < 4.78 is 33.7. The zero-order valence-corrected chi connectivity index (χ0v) is 14.4. The molecule has 0 unspecified atom stereocenters. The van der Waals surface area contributed by atoms with Crippen LogP contribution in [-0.2, 0) is 16.1 Å². The van der Waals surface area contributed by atoms with Crippen molar-refractivity contribution in [2.45, 2.75) is 20.1 Å². The number of alkyl halides is 2. The molecular weight excluding hydrogens is 354 g/mol. The molecule has 0 aliphatic carbocycles. The van der Waals surface area contributed by atoms with Crippen molar-refractivity contribution in [3.63, 3.8) is 0 Å². The molecule has 0 aliphatic heterocycles. The fraction of sp³-hybridized carbons (Fsp3) is 0.150. The van der Waals surface area contributed by atoms with E-state index in [0.717, 1.165) is 11.0 Å². The zero-order chi connectivity index (χ0) is 19.2. The van der Waals surface area contributed by atoms with E-state index >= 15 is 0 Å². The van der Waals surface area contributed by atoms with Gasteiger partial charge in [-0.25, -0.2) is 14.8 Å². The van der Waals surface area contributed by atoms with Crippen molar-refractivity contribution < 1.29 is 23.0 Å². The number of carbonyl (C=O) groups is 1. The standard InChI is InChI=1S/C20H16F2N2O3/c1-13-18(24-17-5-3-2-4-16(17)23-13)12-26-19(25)11-8-14-6-9-15(10-7-14)27-20(21)22/h2-11,20H,12H2,1H3/b11-8+. The maximum Gasteiger partial charge on any atom is 0.387 e. The highest BCUT2D eigenvalue weighted by molar-refractivity contribution is 5.87. The molecule has 0 saturated heterocycles. The molecule has 1 aromatic heterocycles. The number of halogens is 2. The Balaban J connectivity index is 1.59. The van der Waals surface area contributed by atoms with Gasteiger partial charge in [-0.1, -0.05) is 24.3 Å². The Labute approximate surface area is 154 Å². The fourth-order valence-corrected chi connectivity index (χ4v) is 2.37. The van der Waals surface area contributed by atoms with Gasteiger partial charge in [-0.15, -0.1) is 0 Å². The van der Waals surface area contributed by atoms with Gasteiger partial charge in [-0.2, -0.15) is 8.78 Å². The van der Waals surface area contributed by atoms with Crippen LogP contribution in [0.4, 0.5) is 8.78 Å². The number of carbonyl (C=O) groups excluding carboxylic acids is 1. The van der Waals surface area contributed by atoms with Crippen LogP contribution in [-0.4, -0.2) is 22.5 Å². The average molecular weight is 370 g/mol. The summed E-state index contributed by atoms with van der Waals surface area (Å²) in [6, 6.07) is 13.4. The van der Waals surface area contributed by atoms with E-state index in [1.807, 2.05) is 31.2 Å². The highest BCUT2D eigenvalue weighted by Crippen LogP contribution is 2.16. The minimum atomic E-state index is -2.87. The van der Waals surface area contributed by atoms with Crippen LogP contribution >= 0.6 is 0 Å². The number of esters is 1. The van der Waals surface area contributed by atoms with Crippen molar-refractivity contribution in [2.75, 3.05) is 0 Å². The highest BCUT2D eigenvalue weighted by Gasteiger charge is 2.07. The van der Waals surface area contributed by atoms with Gasteiger partial charge in [0.15, 0.2) is 0 Å². The number of nitrogens with zero attached hydrogens (tertiary/aromatic N) is 2. The summed E-state index contributed by atoms with van der Waals surface area (Å²) in [5, 5.41) is 0. The quantitative estimate of drug-likeness (QED) is 0.478. The van der Waals surface area contributed by atoms with Crippen molar-refractivity contribution in [1.82, 2.24) is 9.97 Å². The largest absolute Gasteiger partial charge is 0.456 e. The molecular formula is C20H16F2N2O3. The van der Waals surface area contributed by atoms with E-state index in [9.17, 15) is 13.6 Å². The first-order valence-electron chi connectivity index (χ1n) is 8.13. The monoisotopic (exact) mass is 370 g/mol. The van der Waals surface area contributed by atoms with E-state index < -0.39 is 12.6 Å². The van der Waals surface area contributed by atoms with E-state index in [1.165, 1.54) is 24.3 Å². The van der Waals surface area contributed by atoms with Gasteiger partial charge in [-0.05, 0) is 42.8 Å². The van der Waals surface area contributed by atoms with Crippen LogP contribution in [0.25, 0.3) is 17.1 Å². The molecule has 7 heteroatoms. The third-order valence-corrected chi connectivity index (χ3v) is 3.71. The smallest absolute Gasteiger partial charge is 0.387 e. The lowest BCUT2D eigenvalue weighted by Crippen LogP contribution is -2.05. The summed E-state index contributed by atoms with van der Waals surface area (Å²) >= 11 is 0. The van der Waals surface area contributed by atoms with Crippen LogP contribution in [0.1, 0.15) is 17.0 Å². The third kappa shape index (κ3) is 5.07. The number of para-hydroxylation sites is 2. The lowest BCUT2D eigenvalue weighted by atomic mass is 10.2. The number of aryl methyl sites for hydroxylation is 1. The van der Waals surface area contributed by atoms with Gasteiger partial charge < -0.3 is 9.47 Å². The molecule has 3 rings (SSSR count). The lowest BCUT2D eigenvalue weighted by molar-refractivity contribution is -0.139. The molecule has 0 fully saturated rings. The number of rotatable bonds is 6. The molecule has 0 atom stereocenters. The number of hydrogen-bond donors (Lipinski definition) is 0. The van der Waals surface area contributed by atoms with Crippen LogP contribution in [0.2, 0.25) is 0 Å². The van der Waals surface area contributed by atoms with E-state index in [-0.39, 0.29) is 12.4 Å². The van der Waals surface area contributed by atoms with Crippen LogP contribution in [0, 0.1) is 6.92 Å². The second-order valence-corrected chi connectivity index (χ2v) is 5.63. The zero-order valence-electron chi connectivity index (χ0n) is 14.4. The topological polar surface area (TPSA) is 61.3 Å². The summed E-state index contributed by atoms with van der Waals surface area (Å²) in [5.74, 6) is -0.493. The van der Waals surface area contributed by atoms with Crippen LogP contribution < -0.4 is 4.74 Å². The molecule has 2 aromatic carbocycles. The Morgan fingerprint density at radius 2 is 1.74 bits per heavy atom. The Morgan fingerprint density at radius 1 is 1.07 bits per heavy atom. The minimum Gasteiger partial charge on any atom is -0.456 e. The second-order valence-electron chi connectivity index (χ2n) is 5.63. The van der Waals surface area contributed by atoms with Crippen LogP contribution in [0.15, 0.2) is 54.6 Å². The fourth-order valence-electron chi connectivity index (χ4n) is 2.37. The van der Waals surface area contributed by atoms with E-state index in [4.69, 9.17) is 4.74 Å². The Bertz CT molecular complexity index is 973. The van der Waals surface area contributed by atoms with Crippen molar-refractivity contribution in [3.8, 4) is 5.75 Å². The molecule has 1 heterocycles. The van der Waals surface area contributed by atoms with E-state index in [1.54, 1.807) is 12.1 Å². The molecule has 5 nitrogen and oxygen atoms in total. The summed E-state index contributed by atoms with van der Waals surface area (Å²) in [7, 11) is 0. The van der Waals surface area contributed by atoms with Crippen LogP contribution in [0.5, 0.6) is 5.75 Å². The Hall–Kier alpha value is -3.35. The molecule has 27 heavy (non-hydrogen) atoms. The van der Waals surface area contributed by atoms with Gasteiger partial charge in [0.05, 0.1) is 22.4 Å². The predicted octanol–water partition coefficient (Wildman–Crippen LogP) is 4.30. The maximum absolute atomic E-state index is 12.1. The molecule has 138 valence electrons. The Kier molecular flexibility index (Phi) is 5.71. The van der Waals surface area contributed by atoms with Gasteiger partial charge in [0.1, 0.15) is 12.4 Å². The van der Waals surface area contributed by atoms with Crippen LogP contribution in [0.3, 0.4) is 0 Å². The average Bonchev–Trinajstić information content (AvgIpc) is 2.65. The SMILES string of the molecule is Cc1nc2ccccc2nc1COC(=O)/C=C/c1ccc(OC(F)F)cc1. The molecule has 0 N–H and O–H groups in total. The van der Waals surface area contributed by atoms with Gasteiger partial charge in [0.25, 0.3) is 0 Å². The maximum atomic E-state index is 12.1. The van der Waals surface area contributed by atoms with Gasteiger partial charge >= 0.3 is 12.6 Å². The van der Waals surface area contributed by atoms with Gasteiger partial charge in [-0.3, -0.25) is 0 Å². The molecule has 0 saturated carbocycles. The van der Waals surface area contributed by atoms with Crippen molar-refractivity contribution in [1.29, 1.82) is 0 Å². The summed E-state index contributed by atoms with van der Waals surface area (Å²) in [6.45, 7) is -1.06. The number of hydrogen-bond acceptors (Lipinski definition) is 5. The first-order valence-corrected chi connectivity index (χ1v) is 8.13. The summed E-state index contributed by atoms with van der Waals surface area (Å²) in [4.78, 5) is 20.8. The lowest BCUT2D eigenvalue weighted by Gasteiger charge is -2.06. The molecule has 0 radical (unpaired) electrons.